The monoisotopic (exact) mass is 244 g/mol. The molecule has 1 aliphatic heterocycles. The highest BCUT2D eigenvalue weighted by Gasteiger charge is 2.42. The van der Waals surface area contributed by atoms with E-state index >= 15 is 0 Å². The van der Waals surface area contributed by atoms with Crippen molar-refractivity contribution in [2.45, 2.75) is 37.8 Å². The summed E-state index contributed by atoms with van der Waals surface area (Å²) in [4.78, 5) is 26.0. The van der Waals surface area contributed by atoms with Crippen LogP contribution < -0.4 is 5.73 Å². The molecule has 94 valence electrons. The summed E-state index contributed by atoms with van der Waals surface area (Å²) in [7, 11) is 0. The molecule has 2 amide bonds. The summed E-state index contributed by atoms with van der Waals surface area (Å²) in [6.45, 7) is 0. The number of hydrogen-bond acceptors (Lipinski definition) is 3. The number of rotatable bonds is 1. The molecule has 1 aromatic carbocycles. The normalized spacial score (nSPS) is 27.5. The number of nitrogens with zero attached hydrogens (tertiary/aromatic N) is 1. The second kappa shape index (κ2) is 4.21. The van der Waals surface area contributed by atoms with Gasteiger partial charge in [-0.25, -0.2) is 0 Å². The number of carbonyl (C=O) groups excluding carboxylic acids is 2. The Morgan fingerprint density at radius 2 is 1.56 bits per heavy atom. The number of amides is 2. The number of nitrogens with two attached hydrogens (primary N) is 1. The van der Waals surface area contributed by atoms with E-state index in [0.29, 0.717) is 11.1 Å². The third-order valence-electron chi connectivity index (χ3n) is 3.94. The zero-order valence-electron chi connectivity index (χ0n) is 10.1. The van der Waals surface area contributed by atoms with Crippen molar-refractivity contribution in [3.63, 3.8) is 0 Å². The lowest BCUT2D eigenvalue weighted by Gasteiger charge is -2.34. The number of fused-ring (bicyclic) bond motifs is 1. The lowest BCUT2D eigenvalue weighted by Crippen LogP contribution is -2.51. The standard InChI is InChI=1S/C14H16N2O2/c15-11-7-3-4-8-12(11)16-13(17)9-5-1-2-6-10(9)14(16)18/h1-2,5-6,11-12H,3-4,7-8,15H2/t11-,12-/m0/s1. The van der Waals surface area contributed by atoms with Crippen molar-refractivity contribution in [2.75, 3.05) is 0 Å². The molecule has 4 heteroatoms. The molecule has 1 aromatic rings. The van der Waals surface area contributed by atoms with E-state index in [2.05, 4.69) is 0 Å². The van der Waals surface area contributed by atoms with E-state index in [-0.39, 0.29) is 23.9 Å². The van der Waals surface area contributed by atoms with Gasteiger partial charge in [0.15, 0.2) is 0 Å². The lowest BCUT2D eigenvalue weighted by atomic mass is 9.90. The molecule has 2 atom stereocenters. The Balaban J connectivity index is 1.96. The number of imide groups is 1. The van der Waals surface area contributed by atoms with Crippen molar-refractivity contribution in [1.82, 2.24) is 4.90 Å². The van der Waals surface area contributed by atoms with Crippen LogP contribution in [0.5, 0.6) is 0 Å². The summed E-state index contributed by atoms with van der Waals surface area (Å²) in [5.41, 5.74) is 7.10. The Bertz CT molecular complexity index is 477. The quantitative estimate of drug-likeness (QED) is 0.762. The minimum absolute atomic E-state index is 0.0824. The van der Waals surface area contributed by atoms with Gasteiger partial charge in [-0.1, -0.05) is 25.0 Å². The summed E-state index contributed by atoms with van der Waals surface area (Å²) in [5, 5.41) is 0. The molecule has 18 heavy (non-hydrogen) atoms. The highest BCUT2D eigenvalue weighted by atomic mass is 16.2. The van der Waals surface area contributed by atoms with Gasteiger partial charge in [0.1, 0.15) is 0 Å². The predicted molar refractivity (Wildman–Crippen MR) is 67.2 cm³/mol. The van der Waals surface area contributed by atoms with Crippen molar-refractivity contribution in [3.8, 4) is 0 Å². The van der Waals surface area contributed by atoms with Crippen LogP contribution in [0.3, 0.4) is 0 Å². The first-order valence-electron chi connectivity index (χ1n) is 6.42. The van der Waals surface area contributed by atoms with Gasteiger partial charge in [-0.05, 0) is 25.0 Å². The molecule has 1 aliphatic carbocycles. The Morgan fingerprint density at radius 1 is 1.00 bits per heavy atom. The predicted octanol–water partition coefficient (Wildman–Crippen LogP) is 1.55. The Labute approximate surface area is 106 Å². The fourth-order valence-electron chi connectivity index (χ4n) is 2.97. The molecule has 0 unspecified atom stereocenters. The first kappa shape index (κ1) is 11.4. The number of carbonyl (C=O) groups is 2. The molecule has 0 spiro atoms. The van der Waals surface area contributed by atoms with Crippen LogP contribution in [0.1, 0.15) is 46.4 Å². The molecule has 2 N–H and O–H groups in total. The molecular weight excluding hydrogens is 228 g/mol. The van der Waals surface area contributed by atoms with E-state index in [1.54, 1.807) is 24.3 Å². The first-order chi connectivity index (χ1) is 8.70. The smallest absolute Gasteiger partial charge is 0.261 e. The van der Waals surface area contributed by atoms with Crippen LogP contribution in [0.2, 0.25) is 0 Å². The van der Waals surface area contributed by atoms with Crippen molar-refractivity contribution in [2.24, 2.45) is 5.73 Å². The van der Waals surface area contributed by atoms with Gasteiger partial charge in [-0.2, -0.15) is 0 Å². The molecule has 1 saturated carbocycles. The molecular formula is C14H16N2O2. The van der Waals surface area contributed by atoms with Crippen LogP contribution >= 0.6 is 0 Å². The highest BCUT2D eigenvalue weighted by Crippen LogP contribution is 2.30. The molecule has 1 heterocycles. The second-order valence-corrected chi connectivity index (χ2v) is 5.04. The summed E-state index contributed by atoms with van der Waals surface area (Å²) in [6, 6.07) is 6.78. The maximum atomic E-state index is 12.3. The minimum atomic E-state index is -0.182. The highest BCUT2D eigenvalue weighted by molar-refractivity contribution is 6.21. The topological polar surface area (TPSA) is 63.4 Å². The zero-order chi connectivity index (χ0) is 12.7. The van der Waals surface area contributed by atoms with Crippen molar-refractivity contribution in [1.29, 1.82) is 0 Å². The molecule has 0 aromatic heterocycles. The van der Waals surface area contributed by atoms with E-state index in [1.165, 1.54) is 4.90 Å². The maximum Gasteiger partial charge on any atom is 0.261 e. The van der Waals surface area contributed by atoms with Gasteiger partial charge in [-0.15, -0.1) is 0 Å². The van der Waals surface area contributed by atoms with E-state index in [0.717, 1.165) is 25.7 Å². The largest absolute Gasteiger partial charge is 0.326 e. The van der Waals surface area contributed by atoms with Crippen LogP contribution in [0.4, 0.5) is 0 Å². The van der Waals surface area contributed by atoms with Gasteiger partial charge < -0.3 is 5.73 Å². The fourth-order valence-corrected chi connectivity index (χ4v) is 2.97. The molecule has 2 aliphatic rings. The van der Waals surface area contributed by atoms with E-state index in [9.17, 15) is 9.59 Å². The average Bonchev–Trinajstić information content (AvgIpc) is 2.64. The summed E-state index contributed by atoms with van der Waals surface area (Å²) >= 11 is 0. The van der Waals surface area contributed by atoms with E-state index < -0.39 is 0 Å². The second-order valence-electron chi connectivity index (χ2n) is 5.04. The molecule has 0 saturated heterocycles. The van der Waals surface area contributed by atoms with Gasteiger partial charge in [-0.3, -0.25) is 14.5 Å². The molecule has 0 radical (unpaired) electrons. The van der Waals surface area contributed by atoms with Crippen LogP contribution in [0, 0.1) is 0 Å². The van der Waals surface area contributed by atoms with Crippen LogP contribution in [-0.2, 0) is 0 Å². The Morgan fingerprint density at radius 3 is 2.11 bits per heavy atom. The van der Waals surface area contributed by atoms with Crippen LogP contribution in [-0.4, -0.2) is 28.8 Å². The third-order valence-corrected chi connectivity index (χ3v) is 3.94. The fraction of sp³-hybridized carbons (Fsp3) is 0.429. The Hall–Kier alpha value is -1.68. The van der Waals surface area contributed by atoms with Gasteiger partial charge in [0.2, 0.25) is 0 Å². The molecule has 3 rings (SSSR count). The minimum Gasteiger partial charge on any atom is -0.326 e. The lowest BCUT2D eigenvalue weighted by molar-refractivity contribution is 0.0525. The van der Waals surface area contributed by atoms with Gasteiger partial charge in [0.05, 0.1) is 17.2 Å². The van der Waals surface area contributed by atoms with Gasteiger partial charge in [0.25, 0.3) is 11.8 Å². The number of benzene rings is 1. The van der Waals surface area contributed by atoms with E-state index in [1.807, 2.05) is 0 Å². The van der Waals surface area contributed by atoms with Crippen molar-refractivity contribution in [3.05, 3.63) is 35.4 Å². The third kappa shape index (κ3) is 1.56. The summed E-state index contributed by atoms with van der Waals surface area (Å²) in [5.74, 6) is -0.365. The van der Waals surface area contributed by atoms with Gasteiger partial charge in [0, 0.05) is 6.04 Å². The van der Waals surface area contributed by atoms with Gasteiger partial charge >= 0.3 is 0 Å². The van der Waals surface area contributed by atoms with Crippen LogP contribution in [0.25, 0.3) is 0 Å². The summed E-state index contributed by atoms with van der Waals surface area (Å²) < 4.78 is 0. The number of hydrogen-bond donors (Lipinski definition) is 1. The first-order valence-corrected chi connectivity index (χ1v) is 6.42. The van der Waals surface area contributed by atoms with E-state index in [4.69, 9.17) is 5.73 Å². The summed E-state index contributed by atoms with van der Waals surface area (Å²) in [6.07, 6.45) is 3.83. The average molecular weight is 244 g/mol. The zero-order valence-corrected chi connectivity index (χ0v) is 10.1. The van der Waals surface area contributed by atoms with Crippen molar-refractivity contribution < 1.29 is 9.59 Å². The molecule has 4 nitrogen and oxygen atoms in total. The maximum absolute atomic E-state index is 12.3. The van der Waals surface area contributed by atoms with Crippen LogP contribution in [0.15, 0.2) is 24.3 Å². The molecule has 0 bridgehead atoms. The molecule has 1 fully saturated rings. The van der Waals surface area contributed by atoms with Crippen molar-refractivity contribution >= 4 is 11.8 Å². The Kier molecular flexibility index (Phi) is 2.67. The SMILES string of the molecule is N[C@H]1CCCC[C@@H]1N1C(=O)c2ccccc2C1=O.